The molecule has 3 aromatic rings. The number of carbonyl (C=O) groups excluding carboxylic acids is 4. The van der Waals surface area contributed by atoms with E-state index >= 15 is 0 Å². The first kappa shape index (κ1) is 25.9. The van der Waals surface area contributed by atoms with E-state index in [2.05, 4.69) is 10.6 Å². The fourth-order valence-corrected chi connectivity index (χ4v) is 3.78. The van der Waals surface area contributed by atoms with Crippen molar-refractivity contribution in [1.29, 1.82) is 0 Å². The zero-order valence-corrected chi connectivity index (χ0v) is 20.7. The summed E-state index contributed by atoms with van der Waals surface area (Å²) in [5, 5.41) is 5.11. The van der Waals surface area contributed by atoms with E-state index in [1.54, 1.807) is 19.1 Å². The van der Waals surface area contributed by atoms with E-state index in [0.29, 0.717) is 5.02 Å². The lowest BCUT2D eigenvalue weighted by atomic mass is 10.1. The van der Waals surface area contributed by atoms with Crippen LogP contribution in [0, 0.1) is 12.7 Å². The smallest absolute Gasteiger partial charge is 0.335 e. The van der Waals surface area contributed by atoms with E-state index in [0.717, 1.165) is 10.5 Å². The highest BCUT2D eigenvalue weighted by molar-refractivity contribution is 6.39. The highest BCUT2D eigenvalue weighted by Crippen LogP contribution is 2.29. The Labute approximate surface area is 220 Å². The lowest BCUT2D eigenvalue weighted by molar-refractivity contribution is -0.122. The molecule has 1 saturated heterocycles. The molecular formula is C26H18Cl2FN3O5. The molecule has 0 saturated carbocycles. The summed E-state index contributed by atoms with van der Waals surface area (Å²) in [4.78, 5) is 51.3. The first-order valence-electron chi connectivity index (χ1n) is 10.8. The number of para-hydroxylation sites is 1. The molecule has 4 rings (SSSR count). The number of carbonyl (C=O) groups is 4. The van der Waals surface area contributed by atoms with Gasteiger partial charge in [-0.2, -0.15) is 0 Å². The Morgan fingerprint density at radius 3 is 2.57 bits per heavy atom. The van der Waals surface area contributed by atoms with Crippen molar-refractivity contribution in [1.82, 2.24) is 5.32 Å². The molecule has 0 aliphatic carbocycles. The molecule has 0 atom stereocenters. The number of anilines is 2. The van der Waals surface area contributed by atoms with Gasteiger partial charge in [0.05, 0.1) is 11.4 Å². The average Bonchev–Trinajstić information content (AvgIpc) is 2.84. The van der Waals surface area contributed by atoms with Gasteiger partial charge in [-0.3, -0.25) is 19.7 Å². The van der Waals surface area contributed by atoms with Crippen LogP contribution in [0.1, 0.15) is 11.1 Å². The molecule has 1 heterocycles. The van der Waals surface area contributed by atoms with Gasteiger partial charge in [0.15, 0.2) is 6.61 Å². The van der Waals surface area contributed by atoms with Gasteiger partial charge in [-0.15, -0.1) is 0 Å². The number of nitrogens with one attached hydrogen (secondary N) is 2. The van der Waals surface area contributed by atoms with Crippen molar-refractivity contribution in [3.63, 3.8) is 0 Å². The van der Waals surface area contributed by atoms with Gasteiger partial charge in [0.2, 0.25) is 0 Å². The molecule has 11 heteroatoms. The summed E-state index contributed by atoms with van der Waals surface area (Å²) in [7, 11) is 0. The summed E-state index contributed by atoms with van der Waals surface area (Å²) in [6, 6.07) is 13.7. The van der Waals surface area contributed by atoms with Crippen molar-refractivity contribution in [3.05, 3.63) is 93.2 Å². The number of urea groups is 1. The van der Waals surface area contributed by atoms with Gasteiger partial charge in [0, 0.05) is 15.6 Å². The SMILES string of the molecule is Cc1ccc(N2C(=O)NC(=O)/C(=C\c3cc(Cl)ccc3OCC(=O)Nc3ccccc3F)C2=O)cc1Cl. The van der Waals surface area contributed by atoms with Gasteiger partial charge < -0.3 is 10.1 Å². The van der Waals surface area contributed by atoms with Crippen LogP contribution in [0.4, 0.5) is 20.6 Å². The summed E-state index contributed by atoms with van der Waals surface area (Å²) >= 11 is 12.2. The topological polar surface area (TPSA) is 105 Å². The lowest BCUT2D eigenvalue weighted by Crippen LogP contribution is -2.54. The summed E-state index contributed by atoms with van der Waals surface area (Å²) in [6.07, 6.45) is 1.20. The highest BCUT2D eigenvalue weighted by atomic mass is 35.5. The van der Waals surface area contributed by atoms with Gasteiger partial charge in [0.1, 0.15) is 17.1 Å². The van der Waals surface area contributed by atoms with E-state index in [-0.39, 0.29) is 33.3 Å². The third-order valence-corrected chi connectivity index (χ3v) is 5.94. The van der Waals surface area contributed by atoms with E-state index in [1.807, 2.05) is 0 Å². The highest BCUT2D eigenvalue weighted by Gasteiger charge is 2.37. The van der Waals surface area contributed by atoms with Gasteiger partial charge in [-0.1, -0.05) is 41.4 Å². The molecule has 1 aliphatic heterocycles. The molecule has 1 fully saturated rings. The van der Waals surface area contributed by atoms with Crippen LogP contribution in [-0.4, -0.2) is 30.4 Å². The molecule has 0 bridgehead atoms. The molecule has 0 aromatic heterocycles. The third-order valence-electron chi connectivity index (χ3n) is 5.29. The molecule has 2 N–H and O–H groups in total. The largest absolute Gasteiger partial charge is 0.483 e. The van der Waals surface area contributed by atoms with Crippen molar-refractivity contribution < 1.29 is 28.3 Å². The van der Waals surface area contributed by atoms with Crippen LogP contribution in [0.2, 0.25) is 10.0 Å². The van der Waals surface area contributed by atoms with Gasteiger partial charge in [-0.05, 0) is 61.0 Å². The second-order valence-corrected chi connectivity index (χ2v) is 8.73. The minimum absolute atomic E-state index is 0.0139. The first-order valence-corrected chi connectivity index (χ1v) is 11.5. The number of barbiturate groups is 1. The number of amides is 5. The van der Waals surface area contributed by atoms with Crippen LogP contribution in [0.15, 0.2) is 66.2 Å². The van der Waals surface area contributed by atoms with Gasteiger partial charge >= 0.3 is 6.03 Å². The Bertz CT molecular complexity index is 1470. The summed E-state index contributed by atoms with van der Waals surface area (Å²) < 4.78 is 19.4. The van der Waals surface area contributed by atoms with E-state index in [4.69, 9.17) is 27.9 Å². The number of aryl methyl sites for hydroxylation is 1. The van der Waals surface area contributed by atoms with Crippen LogP contribution < -0.4 is 20.3 Å². The van der Waals surface area contributed by atoms with Crippen LogP contribution in [0.25, 0.3) is 6.08 Å². The predicted octanol–water partition coefficient (Wildman–Crippen LogP) is 5.12. The number of halogens is 3. The zero-order chi connectivity index (χ0) is 26.7. The number of hydrogen-bond donors (Lipinski definition) is 2. The zero-order valence-electron chi connectivity index (χ0n) is 19.2. The normalized spacial score (nSPS) is 14.5. The Morgan fingerprint density at radius 1 is 1.08 bits per heavy atom. The Kier molecular flexibility index (Phi) is 7.56. The van der Waals surface area contributed by atoms with E-state index < -0.39 is 36.2 Å². The van der Waals surface area contributed by atoms with Crippen LogP contribution in [0.3, 0.4) is 0 Å². The monoisotopic (exact) mass is 541 g/mol. The van der Waals surface area contributed by atoms with Crippen LogP contribution in [-0.2, 0) is 14.4 Å². The van der Waals surface area contributed by atoms with Gasteiger partial charge in [-0.25, -0.2) is 14.1 Å². The van der Waals surface area contributed by atoms with Crippen molar-refractivity contribution in [3.8, 4) is 5.75 Å². The molecule has 5 amide bonds. The Hall–Kier alpha value is -4.21. The number of hydrogen-bond acceptors (Lipinski definition) is 5. The molecular weight excluding hydrogens is 524 g/mol. The maximum atomic E-state index is 13.8. The number of benzene rings is 3. The van der Waals surface area contributed by atoms with Crippen molar-refractivity contribution in [2.24, 2.45) is 0 Å². The van der Waals surface area contributed by atoms with Crippen molar-refractivity contribution in [2.45, 2.75) is 6.92 Å². The van der Waals surface area contributed by atoms with Gasteiger partial charge in [0.25, 0.3) is 17.7 Å². The number of rotatable bonds is 6. The molecule has 3 aromatic carbocycles. The van der Waals surface area contributed by atoms with E-state index in [9.17, 15) is 23.6 Å². The third kappa shape index (κ3) is 5.79. The van der Waals surface area contributed by atoms with Crippen molar-refractivity contribution in [2.75, 3.05) is 16.8 Å². The number of ether oxygens (including phenoxy) is 1. The fourth-order valence-electron chi connectivity index (χ4n) is 3.42. The fraction of sp³-hybridized carbons (Fsp3) is 0.0769. The average molecular weight is 542 g/mol. The number of nitrogens with zero attached hydrogens (tertiary/aromatic N) is 1. The maximum absolute atomic E-state index is 13.8. The predicted molar refractivity (Wildman–Crippen MR) is 137 cm³/mol. The minimum atomic E-state index is -0.931. The first-order chi connectivity index (χ1) is 17.6. The molecule has 37 heavy (non-hydrogen) atoms. The minimum Gasteiger partial charge on any atom is -0.483 e. The summed E-state index contributed by atoms with van der Waals surface area (Å²) in [6.45, 7) is 1.26. The number of imide groups is 2. The molecule has 188 valence electrons. The second-order valence-electron chi connectivity index (χ2n) is 7.89. The molecule has 0 unspecified atom stereocenters. The van der Waals surface area contributed by atoms with Crippen molar-refractivity contribution >= 4 is 64.4 Å². The molecule has 0 radical (unpaired) electrons. The Balaban J connectivity index is 1.60. The molecule has 0 spiro atoms. The van der Waals surface area contributed by atoms with E-state index in [1.165, 1.54) is 54.6 Å². The van der Waals surface area contributed by atoms with Crippen LogP contribution in [0.5, 0.6) is 5.75 Å². The summed E-state index contributed by atoms with van der Waals surface area (Å²) in [5.74, 6) is -2.95. The van der Waals surface area contributed by atoms with Crippen LogP contribution >= 0.6 is 23.2 Å². The Morgan fingerprint density at radius 2 is 1.84 bits per heavy atom. The molecule has 8 nitrogen and oxygen atoms in total. The second kappa shape index (κ2) is 10.8. The quantitative estimate of drug-likeness (QED) is 0.332. The summed E-state index contributed by atoms with van der Waals surface area (Å²) in [5.41, 5.74) is 0.714. The lowest BCUT2D eigenvalue weighted by Gasteiger charge is -2.26. The molecule has 1 aliphatic rings. The standard InChI is InChI=1S/C26H18Cl2FN3O5/c1-14-6-8-17(12-19(14)28)32-25(35)18(24(34)31-26(32)36)11-15-10-16(27)7-9-22(15)37-13-23(33)30-21-5-3-2-4-20(21)29/h2-12H,13H2,1H3,(H,30,33)(H,31,34,36)/b18-11+. The maximum Gasteiger partial charge on any atom is 0.335 e.